The highest BCUT2D eigenvalue weighted by Gasteiger charge is 2.20. The molecule has 0 amide bonds. The van der Waals surface area contributed by atoms with Gasteiger partial charge >= 0.3 is 0 Å². The molecule has 5 N–H and O–H groups in total. The Balaban J connectivity index is 3.82. The van der Waals surface area contributed by atoms with Crippen molar-refractivity contribution in [2.75, 3.05) is 13.2 Å². The van der Waals surface area contributed by atoms with Crippen molar-refractivity contribution in [2.24, 2.45) is 5.73 Å². The molecule has 5 nitrogen and oxygen atoms in total. The van der Waals surface area contributed by atoms with E-state index in [-0.39, 0.29) is 0 Å². The number of nitrogens with two attached hydrogens (primary N) is 1. The van der Waals surface area contributed by atoms with Crippen molar-refractivity contribution in [3.63, 3.8) is 0 Å². The number of carbonyl (C=O) groups excluding carboxylic acids is 1. The van der Waals surface area contributed by atoms with E-state index in [4.69, 9.17) is 21.1 Å². The molecule has 0 aliphatic rings. The van der Waals surface area contributed by atoms with Crippen molar-refractivity contribution in [3.8, 4) is 0 Å². The second-order valence-corrected chi connectivity index (χ2v) is 1.89. The van der Waals surface area contributed by atoms with Gasteiger partial charge in [0.05, 0.1) is 19.3 Å². The van der Waals surface area contributed by atoms with E-state index in [1.807, 2.05) is 0 Å². The van der Waals surface area contributed by atoms with Gasteiger partial charge in [-0.15, -0.1) is 0 Å². The number of rotatable bonds is 4. The molecule has 0 unspecified atom stereocenters. The van der Waals surface area contributed by atoms with Crippen molar-refractivity contribution in [2.45, 2.75) is 12.1 Å². The standard InChI is InChI=1S/C5H11NO4/c6-3(1-7)5(10)4(9)2-8/h3-4,7-9H,1-2,6H2/t3-,4+/m1/s1. The van der Waals surface area contributed by atoms with Crippen LogP contribution in [0, 0.1) is 0 Å². The summed E-state index contributed by atoms with van der Waals surface area (Å²) in [6, 6.07) is -1.10. The summed E-state index contributed by atoms with van der Waals surface area (Å²) in [5, 5.41) is 25.2. The van der Waals surface area contributed by atoms with E-state index in [1.54, 1.807) is 0 Å². The third kappa shape index (κ3) is 2.40. The van der Waals surface area contributed by atoms with Crippen LogP contribution in [0.1, 0.15) is 0 Å². The predicted molar refractivity (Wildman–Crippen MR) is 33.2 cm³/mol. The van der Waals surface area contributed by atoms with E-state index in [1.165, 1.54) is 0 Å². The Morgan fingerprint density at radius 2 is 1.90 bits per heavy atom. The summed E-state index contributed by atoms with van der Waals surface area (Å²) in [5.41, 5.74) is 5.02. The average molecular weight is 149 g/mol. The van der Waals surface area contributed by atoms with Gasteiger partial charge in [-0.05, 0) is 0 Å². The highest BCUT2D eigenvalue weighted by molar-refractivity contribution is 5.87. The molecule has 0 aliphatic heterocycles. The van der Waals surface area contributed by atoms with E-state index in [0.717, 1.165) is 0 Å². The van der Waals surface area contributed by atoms with Crippen LogP contribution in [0.3, 0.4) is 0 Å². The zero-order chi connectivity index (χ0) is 8.15. The number of aliphatic hydroxyl groups is 3. The molecular formula is C5H11NO4. The Bertz CT molecular complexity index is 104. The van der Waals surface area contributed by atoms with Crippen LogP contribution in [0.25, 0.3) is 0 Å². The third-order valence-corrected chi connectivity index (χ3v) is 1.06. The summed E-state index contributed by atoms with van der Waals surface area (Å²) in [6.07, 6.45) is -1.47. The lowest BCUT2D eigenvalue weighted by Crippen LogP contribution is -2.42. The van der Waals surface area contributed by atoms with Crippen LogP contribution in [0.4, 0.5) is 0 Å². The normalized spacial score (nSPS) is 16.4. The first-order valence-electron chi connectivity index (χ1n) is 2.82. The fourth-order valence-corrected chi connectivity index (χ4v) is 0.427. The van der Waals surface area contributed by atoms with Crippen molar-refractivity contribution in [1.82, 2.24) is 0 Å². The number of Topliss-reactive ketones (excluding diaryl/α,β-unsaturated/α-hetero) is 1. The molecule has 0 saturated heterocycles. The molecule has 60 valence electrons. The number of ketones is 1. The van der Waals surface area contributed by atoms with Crippen molar-refractivity contribution in [1.29, 1.82) is 0 Å². The van der Waals surface area contributed by atoms with Crippen LogP contribution in [-0.4, -0.2) is 46.5 Å². The van der Waals surface area contributed by atoms with Gasteiger partial charge < -0.3 is 21.1 Å². The van der Waals surface area contributed by atoms with Crippen molar-refractivity contribution < 1.29 is 20.1 Å². The summed E-state index contributed by atoms with van der Waals surface area (Å²) in [4.78, 5) is 10.6. The largest absolute Gasteiger partial charge is 0.394 e. The molecule has 5 heteroatoms. The van der Waals surface area contributed by atoms with Crippen LogP contribution in [0.2, 0.25) is 0 Å². The number of aliphatic hydroxyl groups excluding tert-OH is 3. The second-order valence-electron chi connectivity index (χ2n) is 1.89. The van der Waals surface area contributed by atoms with Gasteiger partial charge in [0.2, 0.25) is 0 Å². The summed E-state index contributed by atoms with van der Waals surface area (Å²) in [6.45, 7) is -1.18. The molecule has 0 bridgehead atoms. The zero-order valence-electron chi connectivity index (χ0n) is 5.40. The zero-order valence-corrected chi connectivity index (χ0v) is 5.40. The summed E-state index contributed by atoms with van der Waals surface area (Å²) in [7, 11) is 0. The van der Waals surface area contributed by atoms with E-state index < -0.39 is 31.1 Å². The Morgan fingerprint density at radius 1 is 1.40 bits per heavy atom. The molecule has 0 rings (SSSR count). The quantitative estimate of drug-likeness (QED) is 0.346. The van der Waals surface area contributed by atoms with Crippen LogP contribution in [0.5, 0.6) is 0 Å². The Kier molecular flexibility index (Phi) is 4.13. The molecule has 0 saturated carbocycles. The molecule has 0 spiro atoms. The average Bonchev–Trinajstić information content (AvgIpc) is 2.00. The summed E-state index contributed by atoms with van der Waals surface area (Å²) >= 11 is 0. The molecule has 0 fully saturated rings. The number of hydrogen-bond donors (Lipinski definition) is 4. The van der Waals surface area contributed by atoms with E-state index in [2.05, 4.69) is 0 Å². The Labute approximate surface area is 58.1 Å². The van der Waals surface area contributed by atoms with Gasteiger partial charge in [-0.2, -0.15) is 0 Å². The molecule has 0 aromatic carbocycles. The minimum Gasteiger partial charge on any atom is -0.394 e. The van der Waals surface area contributed by atoms with Gasteiger partial charge in [-0.25, -0.2) is 0 Å². The maximum Gasteiger partial charge on any atom is 0.182 e. The highest BCUT2D eigenvalue weighted by atomic mass is 16.3. The Hall–Kier alpha value is -0.490. The fourth-order valence-electron chi connectivity index (χ4n) is 0.427. The molecule has 0 aromatic heterocycles. The molecule has 2 atom stereocenters. The maximum absolute atomic E-state index is 10.6. The first kappa shape index (κ1) is 9.51. The molecule has 0 aliphatic carbocycles. The van der Waals surface area contributed by atoms with E-state index in [9.17, 15) is 4.79 Å². The molecule has 0 aromatic rings. The number of hydrogen-bond acceptors (Lipinski definition) is 5. The minimum atomic E-state index is -1.47. The first-order valence-corrected chi connectivity index (χ1v) is 2.82. The second kappa shape index (κ2) is 4.35. The predicted octanol–water partition coefficient (Wildman–Crippen LogP) is -2.77. The lowest BCUT2D eigenvalue weighted by molar-refractivity contribution is -0.131. The lowest BCUT2D eigenvalue weighted by Gasteiger charge is -2.09. The smallest absolute Gasteiger partial charge is 0.182 e. The fraction of sp³-hybridized carbons (Fsp3) is 0.800. The lowest BCUT2D eigenvalue weighted by atomic mass is 10.1. The minimum absolute atomic E-state index is 0.518. The van der Waals surface area contributed by atoms with Crippen molar-refractivity contribution in [3.05, 3.63) is 0 Å². The molecule has 10 heavy (non-hydrogen) atoms. The van der Waals surface area contributed by atoms with Crippen LogP contribution >= 0.6 is 0 Å². The van der Waals surface area contributed by atoms with Crippen LogP contribution in [0.15, 0.2) is 0 Å². The first-order chi connectivity index (χ1) is 4.63. The van der Waals surface area contributed by atoms with Gasteiger partial charge in [0.15, 0.2) is 5.78 Å². The number of carbonyl (C=O) groups is 1. The van der Waals surface area contributed by atoms with Gasteiger partial charge in [0.25, 0.3) is 0 Å². The topological polar surface area (TPSA) is 104 Å². The van der Waals surface area contributed by atoms with Gasteiger partial charge in [0.1, 0.15) is 6.10 Å². The third-order valence-electron chi connectivity index (χ3n) is 1.06. The van der Waals surface area contributed by atoms with Crippen molar-refractivity contribution >= 4 is 5.78 Å². The summed E-state index contributed by atoms with van der Waals surface area (Å²) < 4.78 is 0. The van der Waals surface area contributed by atoms with Crippen LogP contribution in [-0.2, 0) is 4.79 Å². The van der Waals surface area contributed by atoms with Gasteiger partial charge in [-0.3, -0.25) is 4.79 Å². The maximum atomic E-state index is 10.6. The van der Waals surface area contributed by atoms with E-state index >= 15 is 0 Å². The SMILES string of the molecule is N[C@H](CO)C(=O)[C@@H](O)CO. The molecule has 0 radical (unpaired) electrons. The van der Waals surface area contributed by atoms with Crippen LogP contribution < -0.4 is 5.73 Å². The highest BCUT2D eigenvalue weighted by Crippen LogP contribution is 1.88. The molecular weight excluding hydrogens is 138 g/mol. The van der Waals surface area contributed by atoms with E-state index in [0.29, 0.717) is 0 Å². The van der Waals surface area contributed by atoms with Gasteiger partial charge in [0, 0.05) is 0 Å². The van der Waals surface area contributed by atoms with Gasteiger partial charge in [-0.1, -0.05) is 0 Å². The summed E-state index contributed by atoms with van der Waals surface area (Å²) in [5.74, 6) is -0.745. The monoisotopic (exact) mass is 149 g/mol. The Morgan fingerprint density at radius 3 is 2.20 bits per heavy atom. The molecule has 0 heterocycles.